The summed E-state index contributed by atoms with van der Waals surface area (Å²) in [5.74, 6) is -0.491. The Labute approximate surface area is 151 Å². The van der Waals surface area contributed by atoms with Gasteiger partial charge in [0.2, 0.25) is 10.0 Å². The molecule has 1 amide bonds. The van der Waals surface area contributed by atoms with E-state index in [1.54, 1.807) is 26.8 Å². The van der Waals surface area contributed by atoms with Crippen molar-refractivity contribution in [1.82, 2.24) is 4.72 Å². The van der Waals surface area contributed by atoms with Crippen molar-refractivity contribution >= 4 is 27.3 Å². The van der Waals surface area contributed by atoms with Gasteiger partial charge in [-0.05, 0) is 51.1 Å². The van der Waals surface area contributed by atoms with Crippen LogP contribution in [0.15, 0.2) is 47.4 Å². The van der Waals surface area contributed by atoms with E-state index in [0.717, 1.165) is 0 Å². The maximum atomic E-state index is 12.3. The van der Waals surface area contributed by atoms with Crippen molar-refractivity contribution in [1.29, 1.82) is 0 Å². The maximum absolute atomic E-state index is 12.3. The molecule has 0 spiro atoms. The molecule has 9 heteroatoms. The SMILES string of the molecule is Cc1c(NC(=O)c2ccc(S(=O)(=O)NC(C)C)cc2)cccc1[N+](=O)[O-]. The van der Waals surface area contributed by atoms with Gasteiger partial charge in [-0.2, -0.15) is 0 Å². The lowest BCUT2D eigenvalue weighted by atomic mass is 10.1. The largest absolute Gasteiger partial charge is 0.321 e. The Balaban J connectivity index is 2.22. The molecule has 0 atom stereocenters. The molecule has 0 saturated heterocycles. The minimum Gasteiger partial charge on any atom is -0.321 e. The van der Waals surface area contributed by atoms with Crippen molar-refractivity contribution in [2.45, 2.75) is 31.7 Å². The molecule has 8 nitrogen and oxygen atoms in total. The second kappa shape index (κ2) is 7.63. The first-order chi connectivity index (χ1) is 12.1. The van der Waals surface area contributed by atoms with Crippen LogP contribution in [0, 0.1) is 17.0 Å². The lowest BCUT2D eigenvalue weighted by Gasteiger charge is -2.11. The summed E-state index contributed by atoms with van der Waals surface area (Å²) in [7, 11) is -3.64. The monoisotopic (exact) mass is 377 g/mol. The van der Waals surface area contributed by atoms with Crippen molar-refractivity contribution < 1.29 is 18.1 Å². The molecule has 0 heterocycles. The Morgan fingerprint density at radius 3 is 2.27 bits per heavy atom. The van der Waals surface area contributed by atoms with Gasteiger partial charge in [0, 0.05) is 17.7 Å². The molecular formula is C17H19N3O5S. The van der Waals surface area contributed by atoms with Crippen molar-refractivity contribution in [3.8, 4) is 0 Å². The first kappa shape index (κ1) is 19.5. The van der Waals surface area contributed by atoms with Gasteiger partial charge in [-0.25, -0.2) is 13.1 Å². The molecule has 2 N–H and O–H groups in total. The van der Waals surface area contributed by atoms with Crippen LogP contribution in [0.3, 0.4) is 0 Å². The van der Waals surface area contributed by atoms with E-state index in [2.05, 4.69) is 10.0 Å². The van der Waals surface area contributed by atoms with E-state index in [-0.39, 0.29) is 22.2 Å². The van der Waals surface area contributed by atoms with Gasteiger partial charge in [0.25, 0.3) is 11.6 Å². The topological polar surface area (TPSA) is 118 Å². The van der Waals surface area contributed by atoms with Gasteiger partial charge in [-0.15, -0.1) is 0 Å². The van der Waals surface area contributed by atoms with Gasteiger partial charge in [-0.3, -0.25) is 14.9 Å². The second-order valence-corrected chi connectivity index (χ2v) is 7.68. The Kier molecular flexibility index (Phi) is 5.73. The molecule has 2 aromatic carbocycles. The first-order valence-electron chi connectivity index (χ1n) is 7.79. The fourth-order valence-corrected chi connectivity index (χ4v) is 3.57. The number of nitro groups is 1. The molecule has 138 valence electrons. The van der Waals surface area contributed by atoms with Crippen molar-refractivity contribution in [2.24, 2.45) is 0 Å². The normalized spacial score (nSPS) is 11.4. The van der Waals surface area contributed by atoms with Crippen molar-refractivity contribution in [3.05, 3.63) is 63.7 Å². The molecule has 0 aliphatic rings. The van der Waals surface area contributed by atoms with Gasteiger partial charge >= 0.3 is 0 Å². The lowest BCUT2D eigenvalue weighted by molar-refractivity contribution is -0.385. The van der Waals surface area contributed by atoms with Crippen molar-refractivity contribution in [3.63, 3.8) is 0 Å². The van der Waals surface area contributed by atoms with Crippen LogP contribution in [0.4, 0.5) is 11.4 Å². The zero-order valence-corrected chi connectivity index (χ0v) is 15.3. The van der Waals surface area contributed by atoms with Crippen LogP contribution >= 0.6 is 0 Å². The number of benzene rings is 2. The van der Waals surface area contributed by atoms with Gasteiger partial charge < -0.3 is 5.32 Å². The average Bonchev–Trinajstić information content (AvgIpc) is 2.55. The van der Waals surface area contributed by atoms with E-state index >= 15 is 0 Å². The molecule has 0 bridgehead atoms. The first-order valence-corrected chi connectivity index (χ1v) is 9.28. The van der Waals surface area contributed by atoms with Gasteiger partial charge in [-0.1, -0.05) is 6.07 Å². The predicted molar refractivity (Wildman–Crippen MR) is 97.7 cm³/mol. The Morgan fingerprint density at radius 2 is 1.73 bits per heavy atom. The molecule has 0 saturated carbocycles. The number of hydrogen-bond acceptors (Lipinski definition) is 5. The number of carbonyl (C=O) groups excluding carboxylic acids is 1. The zero-order chi connectivity index (χ0) is 19.5. The highest BCUT2D eigenvalue weighted by Crippen LogP contribution is 2.25. The average molecular weight is 377 g/mol. The van der Waals surface area contributed by atoms with Crippen LogP contribution in [0.25, 0.3) is 0 Å². The number of rotatable bonds is 6. The molecule has 2 rings (SSSR count). The van der Waals surface area contributed by atoms with Gasteiger partial charge in [0.15, 0.2) is 0 Å². The number of carbonyl (C=O) groups is 1. The zero-order valence-electron chi connectivity index (χ0n) is 14.5. The summed E-state index contributed by atoms with van der Waals surface area (Å²) in [5, 5.41) is 13.6. The Bertz CT molecular complexity index is 937. The molecule has 0 aliphatic carbocycles. The van der Waals surface area contributed by atoms with Crippen LogP contribution < -0.4 is 10.0 Å². The van der Waals surface area contributed by atoms with E-state index in [9.17, 15) is 23.3 Å². The smallest absolute Gasteiger partial charge is 0.274 e. The van der Waals surface area contributed by atoms with E-state index in [1.807, 2.05) is 0 Å². The third kappa shape index (κ3) is 4.44. The summed E-state index contributed by atoms with van der Waals surface area (Å²) in [6.45, 7) is 4.96. The number of hydrogen-bond donors (Lipinski definition) is 2. The quantitative estimate of drug-likeness (QED) is 0.593. The van der Waals surface area contributed by atoms with Crippen molar-refractivity contribution in [2.75, 3.05) is 5.32 Å². The van der Waals surface area contributed by atoms with E-state index in [1.165, 1.54) is 36.4 Å². The fraction of sp³-hybridized carbons (Fsp3) is 0.235. The highest BCUT2D eigenvalue weighted by molar-refractivity contribution is 7.89. The summed E-state index contributed by atoms with van der Waals surface area (Å²) in [6.07, 6.45) is 0. The molecule has 0 aliphatic heterocycles. The van der Waals surface area contributed by atoms with E-state index in [4.69, 9.17) is 0 Å². The standard InChI is InChI=1S/C17H19N3O5S/c1-11(2)19-26(24,25)14-9-7-13(8-10-14)17(21)18-15-5-4-6-16(12(15)3)20(22)23/h4-11,19H,1-3H3,(H,18,21). The summed E-state index contributed by atoms with van der Waals surface area (Å²) < 4.78 is 26.6. The summed E-state index contributed by atoms with van der Waals surface area (Å²) in [4.78, 5) is 22.8. The number of sulfonamides is 1. The minimum absolute atomic E-state index is 0.0503. The highest BCUT2D eigenvalue weighted by atomic mass is 32.2. The highest BCUT2D eigenvalue weighted by Gasteiger charge is 2.18. The molecule has 0 aromatic heterocycles. The summed E-state index contributed by atoms with van der Waals surface area (Å²) in [6, 6.07) is 9.58. The summed E-state index contributed by atoms with van der Waals surface area (Å²) >= 11 is 0. The number of nitrogens with zero attached hydrogens (tertiary/aromatic N) is 1. The second-order valence-electron chi connectivity index (χ2n) is 5.96. The predicted octanol–water partition coefficient (Wildman–Crippen LogP) is 2.84. The molecule has 26 heavy (non-hydrogen) atoms. The molecule has 0 radical (unpaired) electrons. The fourth-order valence-electron chi connectivity index (χ4n) is 2.31. The molecular weight excluding hydrogens is 358 g/mol. The Hall–Kier alpha value is -2.78. The molecule has 0 fully saturated rings. The summed E-state index contributed by atoms with van der Waals surface area (Å²) in [5.41, 5.74) is 0.803. The van der Waals surface area contributed by atoms with Gasteiger partial charge in [0.1, 0.15) is 0 Å². The number of nitro benzene ring substituents is 1. The number of amides is 1. The van der Waals surface area contributed by atoms with Crippen LogP contribution in [-0.4, -0.2) is 25.3 Å². The Morgan fingerprint density at radius 1 is 1.12 bits per heavy atom. The minimum atomic E-state index is -3.64. The number of anilines is 1. The van der Waals surface area contributed by atoms with Crippen LogP contribution in [0.1, 0.15) is 29.8 Å². The third-order valence-electron chi connectivity index (χ3n) is 3.57. The van der Waals surface area contributed by atoms with E-state index < -0.39 is 20.9 Å². The maximum Gasteiger partial charge on any atom is 0.274 e. The van der Waals surface area contributed by atoms with Crippen LogP contribution in [0.5, 0.6) is 0 Å². The van der Waals surface area contributed by atoms with Crippen LogP contribution in [0.2, 0.25) is 0 Å². The number of nitrogens with one attached hydrogen (secondary N) is 2. The molecule has 0 unspecified atom stereocenters. The third-order valence-corrected chi connectivity index (χ3v) is 5.24. The van der Waals surface area contributed by atoms with E-state index in [0.29, 0.717) is 11.3 Å². The van der Waals surface area contributed by atoms with Gasteiger partial charge in [0.05, 0.1) is 21.1 Å². The lowest BCUT2D eigenvalue weighted by Crippen LogP contribution is -2.30. The van der Waals surface area contributed by atoms with Crippen LogP contribution in [-0.2, 0) is 10.0 Å². The molecule has 2 aromatic rings.